The fourth-order valence-electron chi connectivity index (χ4n) is 2.79. The van der Waals surface area contributed by atoms with Gasteiger partial charge in [-0.25, -0.2) is 4.39 Å². The van der Waals surface area contributed by atoms with Crippen molar-refractivity contribution in [3.8, 4) is 0 Å². The van der Waals surface area contributed by atoms with Crippen LogP contribution in [0.1, 0.15) is 25.3 Å². The molecule has 0 saturated heterocycles. The Morgan fingerprint density at radius 2 is 2.21 bits per heavy atom. The fraction of sp³-hybridized carbons (Fsp3) is 0.625. The van der Waals surface area contributed by atoms with E-state index >= 15 is 0 Å². The Kier molecular flexibility index (Phi) is 4.94. The van der Waals surface area contributed by atoms with Crippen molar-refractivity contribution in [1.29, 1.82) is 0 Å². The van der Waals surface area contributed by atoms with E-state index in [0.29, 0.717) is 0 Å². The monoisotopic (exact) mass is 265 g/mol. The zero-order valence-electron chi connectivity index (χ0n) is 11.9. The molecule has 1 aliphatic carbocycles. The molecule has 0 amide bonds. The lowest BCUT2D eigenvalue weighted by molar-refractivity contribution is 0.187. The lowest BCUT2D eigenvalue weighted by atomic mass is 9.79. The molecular weight excluding hydrogens is 241 g/mol. The number of benzene rings is 1. The van der Waals surface area contributed by atoms with Crippen LogP contribution in [-0.4, -0.2) is 26.8 Å². The molecule has 1 aliphatic rings. The standard InChI is InChI=1S/C16H24FNO/c1-16(14-6-7-14,12-18-8-9-19-2)11-13-4-3-5-15(17)10-13/h3-5,10,14,18H,6-9,11-12H2,1-2H3. The molecule has 1 aromatic carbocycles. The third-order valence-electron chi connectivity index (χ3n) is 4.07. The zero-order valence-corrected chi connectivity index (χ0v) is 11.9. The summed E-state index contributed by atoms with van der Waals surface area (Å²) in [7, 11) is 1.72. The molecule has 1 atom stereocenters. The van der Waals surface area contributed by atoms with E-state index in [4.69, 9.17) is 4.74 Å². The minimum atomic E-state index is -0.136. The van der Waals surface area contributed by atoms with Crippen LogP contribution in [-0.2, 0) is 11.2 Å². The van der Waals surface area contributed by atoms with Crippen molar-refractivity contribution >= 4 is 0 Å². The smallest absolute Gasteiger partial charge is 0.123 e. The van der Waals surface area contributed by atoms with Crippen LogP contribution >= 0.6 is 0 Å². The molecule has 1 fully saturated rings. The maximum atomic E-state index is 13.3. The summed E-state index contributed by atoms with van der Waals surface area (Å²) >= 11 is 0. The average Bonchev–Trinajstić information content (AvgIpc) is 3.19. The summed E-state index contributed by atoms with van der Waals surface area (Å²) in [6, 6.07) is 7.00. The Labute approximate surface area is 115 Å². The second-order valence-corrected chi connectivity index (χ2v) is 5.90. The van der Waals surface area contributed by atoms with Gasteiger partial charge in [0.25, 0.3) is 0 Å². The van der Waals surface area contributed by atoms with Crippen LogP contribution in [0.2, 0.25) is 0 Å². The maximum Gasteiger partial charge on any atom is 0.123 e. The van der Waals surface area contributed by atoms with E-state index in [1.54, 1.807) is 19.2 Å². The van der Waals surface area contributed by atoms with Crippen LogP contribution in [0.25, 0.3) is 0 Å². The summed E-state index contributed by atoms with van der Waals surface area (Å²) in [4.78, 5) is 0. The number of hydrogen-bond acceptors (Lipinski definition) is 2. The van der Waals surface area contributed by atoms with Gasteiger partial charge in [-0.05, 0) is 48.3 Å². The summed E-state index contributed by atoms with van der Waals surface area (Å²) in [5.74, 6) is 0.633. The van der Waals surface area contributed by atoms with Gasteiger partial charge in [0.1, 0.15) is 5.82 Å². The molecule has 3 heteroatoms. The molecule has 19 heavy (non-hydrogen) atoms. The Bertz CT molecular complexity index is 405. The van der Waals surface area contributed by atoms with Crippen molar-refractivity contribution in [2.45, 2.75) is 26.2 Å². The number of nitrogens with one attached hydrogen (secondary N) is 1. The summed E-state index contributed by atoms with van der Waals surface area (Å²) in [5.41, 5.74) is 1.32. The zero-order chi connectivity index (χ0) is 13.7. The van der Waals surface area contributed by atoms with Gasteiger partial charge < -0.3 is 10.1 Å². The molecular formula is C16H24FNO. The Morgan fingerprint density at radius 1 is 1.42 bits per heavy atom. The van der Waals surface area contributed by atoms with Gasteiger partial charge in [0.2, 0.25) is 0 Å². The van der Waals surface area contributed by atoms with E-state index < -0.39 is 0 Å². The molecule has 1 unspecified atom stereocenters. The minimum absolute atomic E-state index is 0.136. The molecule has 1 aromatic rings. The first-order valence-electron chi connectivity index (χ1n) is 7.08. The molecule has 2 nitrogen and oxygen atoms in total. The van der Waals surface area contributed by atoms with Gasteiger partial charge in [0, 0.05) is 20.2 Å². The van der Waals surface area contributed by atoms with E-state index in [9.17, 15) is 4.39 Å². The third-order valence-corrected chi connectivity index (χ3v) is 4.07. The Hall–Kier alpha value is -0.930. The second-order valence-electron chi connectivity index (χ2n) is 5.90. The normalized spacial score (nSPS) is 18.3. The van der Waals surface area contributed by atoms with Crippen LogP contribution in [0, 0.1) is 17.2 Å². The van der Waals surface area contributed by atoms with Gasteiger partial charge in [0.15, 0.2) is 0 Å². The first kappa shape index (κ1) is 14.5. The van der Waals surface area contributed by atoms with E-state index in [1.807, 2.05) is 6.07 Å². The number of halogens is 1. The highest BCUT2D eigenvalue weighted by Crippen LogP contribution is 2.47. The maximum absolute atomic E-state index is 13.3. The van der Waals surface area contributed by atoms with Crippen LogP contribution < -0.4 is 5.32 Å². The number of rotatable bonds is 8. The number of ether oxygens (including phenoxy) is 1. The minimum Gasteiger partial charge on any atom is -0.383 e. The van der Waals surface area contributed by atoms with Crippen molar-refractivity contribution < 1.29 is 9.13 Å². The van der Waals surface area contributed by atoms with Crippen molar-refractivity contribution in [2.75, 3.05) is 26.8 Å². The van der Waals surface area contributed by atoms with Gasteiger partial charge >= 0.3 is 0 Å². The van der Waals surface area contributed by atoms with Gasteiger partial charge in [-0.1, -0.05) is 19.1 Å². The Balaban J connectivity index is 1.94. The molecule has 0 spiro atoms. The molecule has 106 valence electrons. The highest BCUT2D eigenvalue weighted by molar-refractivity contribution is 5.19. The highest BCUT2D eigenvalue weighted by atomic mass is 19.1. The number of methoxy groups -OCH3 is 1. The first-order valence-corrected chi connectivity index (χ1v) is 7.08. The van der Waals surface area contributed by atoms with Gasteiger partial charge in [-0.2, -0.15) is 0 Å². The molecule has 2 rings (SSSR count). The highest BCUT2D eigenvalue weighted by Gasteiger charge is 2.40. The SMILES string of the molecule is COCCNCC(C)(Cc1cccc(F)c1)C1CC1. The van der Waals surface area contributed by atoms with Crippen LogP contribution in [0.15, 0.2) is 24.3 Å². The molecule has 1 N–H and O–H groups in total. The van der Waals surface area contributed by atoms with Gasteiger partial charge in [-0.15, -0.1) is 0 Å². The van der Waals surface area contributed by atoms with Crippen molar-refractivity contribution in [3.63, 3.8) is 0 Å². The predicted molar refractivity (Wildman–Crippen MR) is 75.7 cm³/mol. The summed E-state index contributed by atoms with van der Waals surface area (Å²) in [6.45, 7) is 4.90. The number of hydrogen-bond donors (Lipinski definition) is 1. The van der Waals surface area contributed by atoms with Crippen LogP contribution in [0.3, 0.4) is 0 Å². The third kappa shape index (κ3) is 4.29. The largest absolute Gasteiger partial charge is 0.383 e. The fourth-order valence-corrected chi connectivity index (χ4v) is 2.79. The lowest BCUT2D eigenvalue weighted by Gasteiger charge is -2.30. The molecule has 0 aliphatic heterocycles. The summed E-state index contributed by atoms with van der Waals surface area (Å²) < 4.78 is 18.3. The molecule has 1 saturated carbocycles. The van der Waals surface area contributed by atoms with Crippen LogP contribution in [0.4, 0.5) is 4.39 Å². The molecule has 0 heterocycles. The van der Waals surface area contributed by atoms with Crippen molar-refractivity contribution in [1.82, 2.24) is 5.32 Å². The van der Waals surface area contributed by atoms with Gasteiger partial charge in [0.05, 0.1) is 6.61 Å². The van der Waals surface area contributed by atoms with E-state index in [1.165, 1.54) is 18.9 Å². The van der Waals surface area contributed by atoms with Crippen molar-refractivity contribution in [2.24, 2.45) is 11.3 Å². The quantitative estimate of drug-likeness (QED) is 0.730. The van der Waals surface area contributed by atoms with E-state index in [2.05, 4.69) is 12.2 Å². The predicted octanol–water partition coefficient (Wildman–Crippen LogP) is 3.02. The summed E-state index contributed by atoms with van der Waals surface area (Å²) in [6.07, 6.45) is 3.55. The first-order chi connectivity index (χ1) is 9.14. The molecule has 0 aromatic heterocycles. The van der Waals surface area contributed by atoms with Gasteiger partial charge in [-0.3, -0.25) is 0 Å². The average molecular weight is 265 g/mol. The summed E-state index contributed by atoms with van der Waals surface area (Å²) in [5, 5.41) is 3.46. The molecule has 0 bridgehead atoms. The topological polar surface area (TPSA) is 21.3 Å². The van der Waals surface area contributed by atoms with E-state index in [-0.39, 0.29) is 11.2 Å². The Morgan fingerprint density at radius 3 is 2.84 bits per heavy atom. The molecule has 0 radical (unpaired) electrons. The lowest BCUT2D eigenvalue weighted by Crippen LogP contribution is -2.37. The second kappa shape index (κ2) is 6.49. The van der Waals surface area contributed by atoms with E-state index in [0.717, 1.165) is 37.6 Å². The van der Waals surface area contributed by atoms with Crippen molar-refractivity contribution in [3.05, 3.63) is 35.6 Å². The van der Waals surface area contributed by atoms with Crippen LogP contribution in [0.5, 0.6) is 0 Å².